The summed E-state index contributed by atoms with van der Waals surface area (Å²) in [5.74, 6) is 0.341. The lowest BCUT2D eigenvalue weighted by Crippen LogP contribution is -2.44. The van der Waals surface area contributed by atoms with Gasteiger partial charge in [0.05, 0.1) is 5.92 Å². The maximum Gasteiger partial charge on any atom is 0.270 e. The number of hydrogen-bond acceptors (Lipinski definition) is 5. The fourth-order valence-electron chi connectivity index (χ4n) is 2.69. The fraction of sp³-hybridized carbons (Fsp3) is 0.625. The van der Waals surface area contributed by atoms with Crippen LogP contribution in [0.4, 0.5) is 0 Å². The highest BCUT2D eigenvalue weighted by Crippen LogP contribution is 2.15. The molecule has 23 heavy (non-hydrogen) atoms. The molecule has 1 saturated heterocycles. The Balaban J connectivity index is 1.80. The van der Waals surface area contributed by atoms with Gasteiger partial charge in [0.1, 0.15) is 11.5 Å². The van der Waals surface area contributed by atoms with Crippen LogP contribution in [0.25, 0.3) is 0 Å². The molecule has 7 heteroatoms. The van der Waals surface area contributed by atoms with Crippen LogP contribution in [0.15, 0.2) is 12.3 Å². The zero-order chi connectivity index (χ0) is 16.8. The fourth-order valence-corrected chi connectivity index (χ4v) is 2.69. The molecule has 1 aromatic heterocycles. The van der Waals surface area contributed by atoms with Gasteiger partial charge in [-0.05, 0) is 25.5 Å². The van der Waals surface area contributed by atoms with Gasteiger partial charge in [0.15, 0.2) is 0 Å². The van der Waals surface area contributed by atoms with Crippen molar-refractivity contribution in [3.63, 3.8) is 0 Å². The molecule has 0 bridgehead atoms. The Morgan fingerprint density at radius 2 is 2.26 bits per heavy atom. The van der Waals surface area contributed by atoms with Crippen molar-refractivity contribution in [1.29, 1.82) is 0 Å². The van der Waals surface area contributed by atoms with E-state index in [-0.39, 0.29) is 23.7 Å². The zero-order valence-corrected chi connectivity index (χ0v) is 13.8. The van der Waals surface area contributed by atoms with Crippen molar-refractivity contribution in [3.8, 4) is 0 Å². The van der Waals surface area contributed by atoms with Crippen molar-refractivity contribution in [3.05, 3.63) is 23.8 Å². The first-order valence-corrected chi connectivity index (χ1v) is 8.10. The van der Waals surface area contributed by atoms with Gasteiger partial charge in [0.2, 0.25) is 5.91 Å². The number of piperidine rings is 1. The van der Waals surface area contributed by atoms with Gasteiger partial charge in [0, 0.05) is 31.7 Å². The lowest BCUT2D eigenvalue weighted by Gasteiger charge is -2.31. The molecule has 2 rings (SSSR count). The maximum absolute atomic E-state index is 12.1. The van der Waals surface area contributed by atoms with E-state index in [1.54, 1.807) is 12.3 Å². The molecule has 1 aliphatic heterocycles. The van der Waals surface area contributed by atoms with Crippen LogP contribution >= 0.6 is 0 Å². The molecule has 3 N–H and O–H groups in total. The van der Waals surface area contributed by atoms with Crippen molar-refractivity contribution < 1.29 is 9.59 Å². The van der Waals surface area contributed by atoms with Gasteiger partial charge < -0.3 is 16.0 Å². The molecule has 0 aliphatic carbocycles. The Hall–Kier alpha value is -2.02. The quantitative estimate of drug-likeness (QED) is 0.796. The molecule has 2 heterocycles. The van der Waals surface area contributed by atoms with E-state index in [0.717, 1.165) is 19.4 Å². The monoisotopic (exact) mass is 319 g/mol. The molecule has 126 valence electrons. The number of carbonyl (C=O) groups is 2. The highest BCUT2D eigenvalue weighted by molar-refractivity contribution is 5.92. The number of nitrogens with two attached hydrogens (primary N) is 1. The Labute approximate surface area is 136 Å². The number of primary amides is 1. The number of carbonyl (C=O) groups excluding carboxylic acids is 2. The first-order valence-electron chi connectivity index (χ1n) is 8.10. The predicted molar refractivity (Wildman–Crippen MR) is 86.8 cm³/mol. The summed E-state index contributed by atoms with van der Waals surface area (Å²) in [6, 6.07) is 1.62. The minimum absolute atomic E-state index is 0.0742. The highest BCUT2D eigenvalue weighted by Gasteiger charge is 2.23. The average molecular weight is 319 g/mol. The average Bonchev–Trinajstić information content (AvgIpc) is 2.55. The Morgan fingerprint density at radius 1 is 1.48 bits per heavy atom. The Bertz CT molecular complexity index is 561. The largest absolute Gasteiger partial charge is 0.369 e. The van der Waals surface area contributed by atoms with Gasteiger partial charge in [-0.25, -0.2) is 9.97 Å². The van der Waals surface area contributed by atoms with Crippen LogP contribution in [0.2, 0.25) is 0 Å². The number of hydrogen-bond donors (Lipinski definition) is 2. The topological polar surface area (TPSA) is 101 Å². The van der Waals surface area contributed by atoms with E-state index in [9.17, 15) is 9.59 Å². The van der Waals surface area contributed by atoms with Crippen LogP contribution in [-0.2, 0) is 4.79 Å². The summed E-state index contributed by atoms with van der Waals surface area (Å²) in [4.78, 5) is 34.0. The van der Waals surface area contributed by atoms with Crippen LogP contribution in [0.1, 0.15) is 48.9 Å². The molecule has 0 radical (unpaired) electrons. The molecule has 1 atom stereocenters. The van der Waals surface area contributed by atoms with Crippen LogP contribution in [-0.4, -0.2) is 52.9 Å². The van der Waals surface area contributed by atoms with E-state index < -0.39 is 0 Å². The SMILES string of the molecule is CC(C)c1nccc(C(=O)NCCN2CCCC(C(N)=O)C2)n1. The summed E-state index contributed by atoms with van der Waals surface area (Å²) in [5.41, 5.74) is 5.76. The molecule has 1 aliphatic rings. The van der Waals surface area contributed by atoms with Gasteiger partial charge in [-0.3, -0.25) is 9.59 Å². The maximum atomic E-state index is 12.1. The molecule has 0 saturated carbocycles. The molecule has 1 unspecified atom stereocenters. The number of likely N-dealkylation sites (tertiary alicyclic amines) is 1. The van der Waals surface area contributed by atoms with Crippen LogP contribution in [0.3, 0.4) is 0 Å². The van der Waals surface area contributed by atoms with E-state index in [1.807, 2.05) is 13.8 Å². The van der Waals surface area contributed by atoms with Crippen molar-refractivity contribution in [2.24, 2.45) is 11.7 Å². The number of nitrogens with zero attached hydrogens (tertiary/aromatic N) is 3. The van der Waals surface area contributed by atoms with Gasteiger partial charge >= 0.3 is 0 Å². The van der Waals surface area contributed by atoms with Gasteiger partial charge in [-0.2, -0.15) is 0 Å². The highest BCUT2D eigenvalue weighted by atomic mass is 16.2. The third-order valence-electron chi connectivity index (χ3n) is 4.04. The Morgan fingerprint density at radius 3 is 2.96 bits per heavy atom. The van der Waals surface area contributed by atoms with Crippen molar-refractivity contribution in [2.75, 3.05) is 26.2 Å². The molecule has 7 nitrogen and oxygen atoms in total. The molecule has 0 aromatic carbocycles. The minimum atomic E-state index is -0.235. The van der Waals surface area contributed by atoms with E-state index in [0.29, 0.717) is 31.2 Å². The third kappa shape index (κ3) is 4.99. The van der Waals surface area contributed by atoms with Crippen molar-refractivity contribution >= 4 is 11.8 Å². The smallest absolute Gasteiger partial charge is 0.270 e. The third-order valence-corrected chi connectivity index (χ3v) is 4.04. The normalized spacial score (nSPS) is 18.8. The lowest BCUT2D eigenvalue weighted by atomic mass is 9.97. The summed E-state index contributed by atoms with van der Waals surface area (Å²) in [7, 11) is 0. The summed E-state index contributed by atoms with van der Waals surface area (Å²) >= 11 is 0. The zero-order valence-electron chi connectivity index (χ0n) is 13.8. The van der Waals surface area contributed by atoms with Crippen molar-refractivity contribution in [1.82, 2.24) is 20.2 Å². The number of nitrogens with one attached hydrogen (secondary N) is 1. The van der Waals surface area contributed by atoms with Crippen LogP contribution in [0, 0.1) is 5.92 Å². The standard InChI is InChI=1S/C16H25N5O2/c1-11(2)15-18-6-5-13(20-15)16(23)19-7-9-21-8-3-4-12(10-21)14(17)22/h5-6,11-12H,3-4,7-10H2,1-2H3,(H2,17,22)(H,19,23). The molecular formula is C16H25N5O2. The molecule has 1 aromatic rings. The molecule has 1 fully saturated rings. The van der Waals surface area contributed by atoms with Gasteiger partial charge in [-0.15, -0.1) is 0 Å². The second-order valence-electron chi connectivity index (χ2n) is 6.25. The summed E-state index contributed by atoms with van der Waals surface area (Å²) in [5, 5.41) is 2.87. The molecule has 2 amide bonds. The van der Waals surface area contributed by atoms with Gasteiger partial charge in [-0.1, -0.05) is 13.8 Å². The second kappa shape index (κ2) is 8.01. The van der Waals surface area contributed by atoms with Crippen LogP contribution < -0.4 is 11.1 Å². The summed E-state index contributed by atoms with van der Waals surface area (Å²) < 4.78 is 0. The first-order chi connectivity index (χ1) is 11.0. The summed E-state index contributed by atoms with van der Waals surface area (Å²) in [6.07, 6.45) is 3.43. The van der Waals surface area contributed by atoms with Gasteiger partial charge in [0.25, 0.3) is 5.91 Å². The van der Waals surface area contributed by atoms with E-state index in [4.69, 9.17) is 5.73 Å². The van der Waals surface area contributed by atoms with E-state index in [2.05, 4.69) is 20.2 Å². The predicted octanol–water partition coefficient (Wildman–Crippen LogP) is 0.527. The number of aromatic nitrogens is 2. The van der Waals surface area contributed by atoms with E-state index in [1.165, 1.54) is 0 Å². The number of rotatable bonds is 6. The molecule has 0 spiro atoms. The number of amides is 2. The Kier molecular flexibility index (Phi) is 6.04. The molecular weight excluding hydrogens is 294 g/mol. The van der Waals surface area contributed by atoms with E-state index >= 15 is 0 Å². The first kappa shape index (κ1) is 17.3. The van der Waals surface area contributed by atoms with Crippen molar-refractivity contribution in [2.45, 2.75) is 32.6 Å². The lowest BCUT2D eigenvalue weighted by molar-refractivity contribution is -0.123. The summed E-state index contributed by atoms with van der Waals surface area (Å²) in [6.45, 7) is 6.81. The second-order valence-corrected chi connectivity index (χ2v) is 6.25. The van der Waals surface area contributed by atoms with Crippen LogP contribution in [0.5, 0.6) is 0 Å². The minimum Gasteiger partial charge on any atom is -0.369 e.